The Bertz CT molecular complexity index is 1020. The number of carbonyl (C=O) groups is 1. The van der Waals surface area contributed by atoms with E-state index in [9.17, 15) is 13.2 Å². The van der Waals surface area contributed by atoms with E-state index < -0.39 is 15.9 Å². The monoisotopic (exact) mass is 448 g/mol. The first-order valence-electron chi connectivity index (χ1n) is 9.90. The third kappa shape index (κ3) is 4.72. The number of hydrazone groups is 1. The minimum absolute atomic E-state index is 0.134. The third-order valence-electron chi connectivity index (χ3n) is 5.09. The van der Waals surface area contributed by atoms with Crippen molar-refractivity contribution in [3.8, 4) is 0 Å². The maximum absolute atomic E-state index is 12.7. The van der Waals surface area contributed by atoms with Gasteiger partial charge in [0, 0.05) is 36.6 Å². The standard InChI is InChI=1S/C20H24N4O4S2/c25-20(16-4-3-5-18(14-16)30(26,27)24-8-1-2-9-24)22-21-15-17-6-7-19(29-17)23-10-12-28-13-11-23/h3-7,14-15H,1-2,8-13H2,(H,22,25)/b21-15+. The van der Waals surface area contributed by atoms with Crippen LogP contribution in [0, 0.1) is 0 Å². The van der Waals surface area contributed by atoms with Crippen molar-refractivity contribution in [1.29, 1.82) is 0 Å². The second-order valence-electron chi connectivity index (χ2n) is 7.11. The number of hydrogen-bond acceptors (Lipinski definition) is 7. The van der Waals surface area contributed by atoms with Gasteiger partial charge in [-0.15, -0.1) is 11.3 Å². The lowest BCUT2D eigenvalue weighted by Crippen LogP contribution is -2.35. The molecule has 2 aromatic rings. The highest BCUT2D eigenvalue weighted by atomic mass is 32.2. The van der Waals surface area contributed by atoms with Crippen LogP contribution >= 0.6 is 11.3 Å². The van der Waals surface area contributed by atoms with Gasteiger partial charge in [-0.3, -0.25) is 4.79 Å². The molecule has 0 saturated carbocycles. The fraction of sp³-hybridized carbons (Fsp3) is 0.400. The predicted octanol–water partition coefficient (Wildman–Crippen LogP) is 2.13. The molecule has 4 rings (SSSR count). The van der Waals surface area contributed by atoms with E-state index in [1.165, 1.54) is 16.4 Å². The molecule has 1 aromatic heterocycles. The summed E-state index contributed by atoms with van der Waals surface area (Å²) >= 11 is 1.59. The molecule has 8 nitrogen and oxygen atoms in total. The Labute approximate surface area is 180 Å². The van der Waals surface area contributed by atoms with Gasteiger partial charge in [0.2, 0.25) is 10.0 Å². The van der Waals surface area contributed by atoms with Crippen molar-refractivity contribution in [2.75, 3.05) is 44.3 Å². The molecule has 1 N–H and O–H groups in total. The Balaban J connectivity index is 1.39. The molecule has 1 aromatic carbocycles. The van der Waals surface area contributed by atoms with Crippen LogP contribution in [0.25, 0.3) is 0 Å². The molecule has 0 unspecified atom stereocenters. The van der Waals surface area contributed by atoms with E-state index in [4.69, 9.17) is 4.74 Å². The van der Waals surface area contributed by atoms with Gasteiger partial charge in [-0.25, -0.2) is 13.8 Å². The summed E-state index contributed by atoms with van der Waals surface area (Å²) in [5.41, 5.74) is 2.74. The second kappa shape index (κ2) is 9.25. The van der Waals surface area contributed by atoms with E-state index in [0.717, 1.165) is 49.0 Å². The molecule has 2 saturated heterocycles. The molecule has 0 aliphatic carbocycles. The van der Waals surface area contributed by atoms with Crippen LogP contribution in [0.5, 0.6) is 0 Å². The maximum atomic E-state index is 12.7. The van der Waals surface area contributed by atoms with Crippen molar-refractivity contribution in [3.05, 3.63) is 46.8 Å². The fourth-order valence-electron chi connectivity index (χ4n) is 3.46. The van der Waals surface area contributed by atoms with Crippen LogP contribution in [-0.4, -0.2) is 64.2 Å². The van der Waals surface area contributed by atoms with E-state index in [0.29, 0.717) is 13.1 Å². The molecule has 0 spiro atoms. The van der Waals surface area contributed by atoms with Gasteiger partial charge in [-0.05, 0) is 43.2 Å². The summed E-state index contributed by atoms with van der Waals surface area (Å²) in [6.45, 7) is 4.23. The number of nitrogens with zero attached hydrogens (tertiary/aromatic N) is 3. The minimum atomic E-state index is -3.56. The molecule has 0 radical (unpaired) electrons. The number of hydrogen-bond donors (Lipinski definition) is 1. The molecule has 160 valence electrons. The maximum Gasteiger partial charge on any atom is 0.271 e. The molecular formula is C20H24N4O4S2. The first-order chi connectivity index (χ1) is 14.5. The lowest BCUT2D eigenvalue weighted by molar-refractivity contribution is 0.0955. The largest absolute Gasteiger partial charge is 0.378 e. The Morgan fingerprint density at radius 3 is 2.63 bits per heavy atom. The first-order valence-corrected chi connectivity index (χ1v) is 12.2. The van der Waals surface area contributed by atoms with Crippen molar-refractivity contribution in [3.63, 3.8) is 0 Å². The van der Waals surface area contributed by atoms with Gasteiger partial charge in [0.25, 0.3) is 5.91 Å². The number of thiophene rings is 1. The van der Waals surface area contributed by atoms with Gasteiger partial charge < -0.3 is 9.64 Å². The van der Waals surface area contributed by atoms with Gasteiger partial charge in [0.15, 0.2) is 0 Å². The van der Waals surface area contributed by atoms with Crippen LogP contribution in [0.2, 0.25) is 0 Å². The first kappa shape index (κ1) is 21.0. The van der Waals surface area contributed by atoms with Gasteiger partial charge in [0.1, 0.15) is 0 Å². The molecule has 3 heterocycles. The number of nitrogens with one attached hydrogen (secondary N) is 1. The fourth-order valence-corrected chi connectivity index (χ4v) is 5.95. The Morgan fingerprint density at radius 2 is 1.87 bits per heavy atom. The van der Waals surface area contributed by atoms with E-state index in [1.54, 1.807) is 29.7 Å². The normalized spacial score (nSPS) is 18.2. The molecule has 2 fully saturated rings. The molecule has 1 amide bonds. The van der Waals surface area contributed by atoms with Crippen LogP contribution in [-0.2, 0) is 14.8 Å². The van der Waals surface area contributed by atoms with Crippen LogP contribution in [0.3, 0.4) is 0 Å². The molecule has 10 heteroatoms. The average Bonchev–Trinajstić information content (AvgIpc) is 3.47. The third-order valence-corrected chi connectivity index (χ3v) is 8.07. The number of carbonyl (C=O) groups excluding carboxylic acids is 1. The topological polar surface area (TPSA) is 91.3 Å². The highest BCUT2D eigenvalue weighted by Gasteiger charge is 2.27. The highest BCUT2D eigenvalue weighted by Crippen LogP contribution is 2.25. The minimum Gasteiger partial charge on any atom is -0.378 e. The summed E-state index contributed by atoms with van der Waals surface area (Å²) in [6, 6.07) is 10.1. The van der Waals surface area contributed by atoms with E-state index in [-0.39, 0.29) is 10.5 Å². The molecule has 0 bridgehead atoms. The van der Waals surface area contributed by atoms with Crippen molar-refractivity contribution in [1.82, 2.24) is 9.73 Å². The summed E-state index contributed by atoms with van der Waals surface area (Å²) < 4.78 is 32.2. The van der Waals surface area contributed by atoms with Crippen molar-refractivity contribution in [2.24, 2.45) is 5.10 Å². The van der Waals surface area contributed by atoms with E-state index in [1.807, 2.05) is 12.1 Å². The summed E-state index contributed by atoms with van der Waals surface area (Å²) in [5.74, 6) is -0.449. The summed E-state index contributed by atoms with van der Waals surface area (Å²) in [7, 11) is -3.56. The summed E-state index contributed by atoms with van der Waals surface area (Å²) in [6.07, 6.45) is 3.32. The Kier molecular flexibility index (Phi) is 6.47. The van der Waals surface area contributed by atoms with Crippen LogP contribution < -0.4 is 10.3 Å². The number of morpholine rings is 1. The van der Waals surface area contributed by atoms with Crippen LogP contribution in [0.15, 0.2) is 46.4 Å². The molecule has 0 atom stereocenters. The Hall–Kier alpha value is -2.27. The van der Waals surface area contributed by atoms with Gasteiger partial charge in [-0.1, -0.05) is 6.07 Å². The van der Waals surface area contributed by atoms with Crippen molar-refractivity contribution < 1.29 is 17.9 Å². The van der Waals surface area contributed by atoms with Gasteiger partial charge >= 0.3 is 0 Å². The summed E-state index contributed by atoms with van der Waals surface area (Å²) in [4.78, 5) is 15.7. The van der Waals surface area contributed by atoms with Crippen molar-refractivity contribution in [2.45, 2.75) is 17.7 Å². The molecular weight excluding hydrogens is 424 g/mol. The zero-order valence-corrected chi connectivity index (χ0v) is 18.1. The average molecular weight is 449 g/mol. The Morgan fingerprint density at radius 1 is 1.10 bits per heavy atom. The summed E-state index contributed by atoms with van der Waals surface area (Å²) in [5, 5.41) is 5.17. The van der Waals surface area contributed by atoms with Crippen molar-refractivity contribution >= 4 is 38.5 Å². The number of rotatable bonds is 6. The number of sulfonamides is 1. The second-order valence-corrected chi connectivity index (χ2v) is 10.1. The lowest BCUT2D eigenvalue weighted by Gasteiger charge is -2.27. The van der Waals surface area contributed by atoms with Crippen LogP contribution in [0.1, 0.15) is 28.1 Å². The number of ether oxygens (including phenoxy) is 1. The van der Waals surface area contributed by atoms with E-state index >= 15 is 0 Å². The zero-order chi connectivity index (χ0) is 21.0. The quantitative estimate of drug-likeness (QED) is 0.540. The van der Waals surface area contributed by atoms with Gasteiger partial charge in [0.05, 0.1) is 29.3 Å². The number of benzene rings is 1. The van der Waals surface area contributed by atoms with Gasteiger partial charge in [-0.2, -0.15) is 9.41 Å². The van der Waals surface area contributed by atoms with E-state index in [2.05, 4.69) is 15.4 Å². The molecule has 2 aliphatic rings. The van der Waals surface area contributed by atoms with Crippen LogP contribution in [0.4, 0.5) is 5.00 Å². The SMILES string of the molecule is O=C(N/N=C/c1ccc(N2CCOCC2)s1)c1cccc(S(=O)(=O)N2CCCC2)c1. The highest BCUT2D eigenvalue weighted by molar-refractivity contribution is 7.89. The molecule has 2 aliphatic heterocycles. The molecule has 30 heavy (non-hydrogen) atoms. The smallest absolute Gasteiger partial charge is 0.271 e. The number of anilines is 1. The lowest BCUT2D eigenvalue weighted by atomic mass is 10.2. The number of amides is 1. The zero-order valence-electron chi connectivity index (χ0n) is 16.5. The predicted molar refractivity (Wildman–Crippen MR) is 117 cm³/mol.